The van der Waals surface area contributed by atoms with Crippen LogP contribution in [-0.2, 0) is 16.1 Å². The van der Waals surface area contributed by atoms with E-state index in [0.29, 0.717) is 13.0 Å². The third-order valence-corrected chi connectivity index (χ3v) is 4.23. The van der Waals surface area contributed by atoms with Gasteiger partial charge in [0.05, 0.1) is 13.0 Å². The molecule has 6 heteroatoms. The number of hydrogen-bond donors (Lipinski definition) is 1. The number of carbonyl (C=O) groups is 2. The first-order valence-electron chi connectivity index (χ1n) is 8.67. The van der Waals surface area contributed by atoms with Gasteiger partial charge in [-0.05, 0) is 36.2 Å². The second-order valence-corrected chi connectivity index (χ2v) is 6.12. The van der Waals surface area contributed by atoms with Crippen molar-refractivity contribution in [2.45, 2.75) is 25.8 Å². The van der Waals surface area contributed by atoms with E-state index >= 15 is 0 Å². The van der Waals surface area contributed by atoms with Crippen molar-refractivity contribution < 1.29 is 18.7 Å². The Hall–Kier alpha value is -2.89. The number of carbonyl (C=O) groups excluding carboxylic acids is 2. The fourth-order valence-electron chi connectivity index (χ4n) is 2.82. The number of halogens is 1. The first-order chi connectivity index (χ1) is 12.6. The monoisotopic (exact) mass is 356 g/mol. The smallest absolute Gasteiger partial charge is 0.227 e. The maximum absolute atomic E-state index is 13.4. The standard InChI is InChI=1S/C20H21FN2O3/c21-17-4-1-2-5-18(17)26-13-11-19(24)22-14-15-7-9-16(10-8-15)23-12-3-6-20(23)25/h1-2,4-5,7-10H,3,6,11-14H2,(H,22,24). The van der Waals surface area contributed by atoms with Gasteiger partial charge in [-0.2, -0.15) is 0 Å². The van der Waals surface area contributed by atoms with Gasteiger partial charge in [-0.3, -0.25) is 9.59 Å². The zero-order chi connectivity index (χ0) is 18.4. The van der Waals surface area contributed by atoms with Gasteiger partial charge in [0.1, 0.15) is 0 Å². The molecule has 5 nitrogen and oxygen atoms in total. The van der Waals surface area contributed by atoms with E-state index in [9.17, 15) is 14.0 Å². The Morgan fingerprint density at radius 2 is 1.92 bits per heavy atom. The van der Waals surface area contributed by atoms with Crippen LogP contribution in [0, 0.1) is 5.82 Å². The number of nitrogens with zero attached hydrogens (tertiary/aromatic N) is 1. The maximum atomic E-state index is 13.4. The Bertz CT molecular complexity index is 777. The predicted molar refractivity (Wildman–Crippen MR) is 96.4 cm³/mol. The number of rotatable bonds is 7. The molecule has 0 radical (unpaired) electrons. The van der Waals surface area contributed by atoms with E-state index in [0.717, 1.165) is 24.2 Å². The number of hydrogen-bond acceptors (Lipinski definition) is 3. The molecule has 3 rings (SSSR count). The summed E-state index contributed by atoms with van der Waals surface area (Å²) in [6, 6.07) is 13.7. The summed E-state index contributed by atoms with van der Waals surface area (Å²) in [6.45, 7) is 1.27. The average Bonchev–Trinajstić information content (AvgIpc) is 3.08. The summed E-state index contributed by atoms with van der Waals surface area (Å²) in [4.78, 5) is 25.4. The SMILES string of the molecule is O=C(CCOc1ccccc1F)NCc1ccc(N2CCCC2=O)cc1. The minimum absolute atomic E-state index is 0.114. The summed E-state index contributed by atoms with van der Waals surface area (Å²) in [5.74, 6) is -0.308. The van der Waals surface area contributed by atoms with Gasteiger partial charge >= 0.3 is 0 Å². The van der Waals surface area contributed by atoms with Crippen LogP contribution in [-0.4, -0.2) is 25.0 Å². The minimum atomic E-state index is -0.440. The fraction of sp³-hybridized carbons (Fsp3) is 0.300. The van der Waals surface area contributed by atoms with Crippen LogP contribution in [0.3, 0.4) is 0 Å². The molecule has 2 aromatic carbocycles. The molecule has 0 aromatic heterocycles. The van der Waals surface area contributed by atoms with Crippen molar-refractivity contribution in [2.75, 3.05) is 18.1 Å². The van der Waals surface area contributed by atoms with Crippen LogP contribution < -0.4 is 15.0 Å². The summed E-state index contributed by atoms with van der Waals surface area (Å²) in [5, 5.41) is 2.80. The van der Waals surface area contributed by atoms with Crippen LogP contribution in [0.4, 0.5) is 10.1 Å². The van der Waals surface area contributed by atoms with Crippen molar-refractivity contribution in [2.24, 2.45) is 0 Å². The van der Waals surface area contributed by atoms with Crippen LogP contribution in [0.5, 0.6) is 5.75 Å². The molecule has 1 fully saturated rings. The van der Waals surface area contributed by atoms with E-state index in [1.54, 1.807) is 17.0 Å². The second kappa shape index (κ2) is 8.47. The van der Waals surface area contributed by atoms with Crippen LogP contribution in [0.25, 0.3) is 0 Å². The highest BCUT2D eigenvalue weighted by molar-refractivity contribution is 5.95. The molecular weight excluding hydrogens is 335 g/mol. The lowest BCUT2D eigenvalue weighted by Gasteiger charge is -2.16. The molecule has 1 saturated heterocycles. The van der Waals surface area contributed by atoms with Gasteiger partial charge in [-0.1, -0.05) is 24.3 Å². The first kappa shape index (κ1) is 17.9. The predicted octanol–water partition coefficient (Wildman–Crippen LogP) is 3.04. The number of benzene rings is 2. The maximum Gasteiger partial charge on any atom is 0.227 e. The Balaban J connectivity index is 1.41. The van der Waals surface area contributed by atoms with Gasteiger partial charge in [0, 0.05) is 25.2 Å². The van der Waals surface area contributed by atoms with Crippen molar-refractivity contribution in [3.8, 4) is 5.75 Å². The summed E-state index contributed by atoms with van der Waals surface area (Å²) in [6.07, 6.45) is 1.65. The zero-order valence-corrected chi connectivity index (χ0v) is 14.4. The summed E-state index contributed by atoms with van der Waals surface area (Å²) in [5.41, 5.74) is 1.84. The molecule has 1 heterocycles. The molecule has 2 amide bonds. The van der Waals surface area contributed by atoms with Gasteiger partial charge < -0.3 is 15.0 Å². The highest BCUT2D eigenvalue weighted by Gasteiger charge is 2.21. The fourth-order valence-corrected chi connectivity index (χ4v) is 2.82. The second-order valence-electron chi connectivity index (χ2n) is 6.12. The summed E-state index contributed by atoms with van der Waals surface area (Å²) >= 11 is 0. The Labute approximate surface area is 151 Å². The lowest BCUT2D eigenvalue weighted by atomic mass is 10.2. The molecule has 0 unspecified atom stereocenters. The molecule has 1 N–H and O–H groups in total. The molecule has 0 spiro atoms. The lowest BCUT2D eigenvalue weighted by Crippen LogP contribution is -2.25. The molecule has 0 bridgehead atoms. The Kier molecular flexibility index (Phi) is 5.84. The van der Waals surface area contributed by atoms with E-state index in [1.807, 2.05) is 24.3 Å². The van der Waals surface area contributed by atoms with Gasteiger partial charge in [0.2, 0.25) is 11.8 Å². The van der Waals surface area contributed by atoms with E-state index in [2.05, 4.69) is 5.32 Å². The van der Waals surface area contributed by atoms with Gasteiger partial charge in [-0.25, -0.2) is 4.39 Å². The van der Waals surface area contributed by atoms with Gasteiger partial charge in [0.25, 0.3) is 0 Å². The third-order valence-electron chi connectivity index (χ3n) is 4.23. The third kappa shape index (κ3) is 4.59. The highest BCUT2D eigenvalue weighted by Crippen LogP contribution is 2.21. The molecule has 0 aliphatic carbocycles. The topological polar surface area (TPSA) is 58.6 Å². The van der Waals surface area contributed by atoms with E-state index < -0.39 is 5.82 Å². The molecule has 2 aromatic rings. The Morgan fingerprint density at radius 1 is 1.15 bits per heavy atom. The minimum Gasteiger partial charge on any atom is -0.490 e. The van der Waals surface area contributed by atoms with Gasteiger partial charge in [0.15, 0.2) is 11.6 Å². The molecule has 0 saturated carbocycles. The van der Waals surface area contributed by atoms with E-state index in [-0.39, 0.29) is 30.6 Å². The van der Waals surface area contributed by atoms with Crippen LogP contribution in [0.15, 0.2) is 48.5 Å². The normalized spacial score (nSPS) is 13.7. The first-order valence-corrected chi connectivity index (χ1v) is 8.67. The van der Waals surface area contributed by atoms with E-state index in [1.165, 1.54) is 12.1 Å². The van der Waals surface area contributed by atoms with Crippen LogP contribution in [0.1, 0.15) is 24.8 Å². The van der Waals surface area contributed by atoms with Crippen molar-refractivity contribution in [3.63, 3.8) is 0 Å². The molecule has 1 aliphatic rings. The van der Waals surface area contributed by atoms with E-state index in [4.69, 9.17) is 4.74 Å². The molecule has 0 atom stereocenters. The lowest BCUT2D eigenvalue weighted by molar-refractivity contribution is -0.121. The van der Waals surface area contributed by atoms with Crippen molar-refractivity contribution in [1.29, 1.82) is 0 Å². The van der Waals surface area contributed by atoms with Crippen LogP contribution in [0.2, 0.25) is 0 Å². The molecule has 26 heavy (non-hydrogen) atoms. The summed E-state index contributed by atoms with van der Waals surface area (Å²) in [7, 11) is 0. The quantitative estimate of drug-likeness (QED) is 0.830. The number of nitrogens with one attached hydrogen (secondary N) is 1. The van der Waals surface area contributed by atoms with Crippen molar-refractivity contribution in [3.05, 3.63) is 59.9 Å². The van der Waals surface area contributed by atoms with Gasteiger partial charge in [-0.15, -0.1) is 0 Å². The number of anilines is 1. The van der Waals surface area contributed by atoms with Crippen LogP contribution >= 0.6 is 0 Å². The molecule has 136 valence electrons. The molecule has 1 aliphatic heterocycles. The number of para-hydroxylation sites is 1. The number of ether oxygens (including phenoxy) is 1. The highest BCUT2D eigenvalue weighted by atomic mass is 19.1. The zero-order valence-electron chi connectivity index (χ0n) is 14.4. The largest absolute Gasteiger partial charge is 0.490 e. The van der Waals surface area contributed by atoms with Crippen molar-refractivity contribution >= 4 is 17.5 Å². The summed E-state index contributed by atoms with van der Waals surface area (Å²) < 4.78 is 18.7. The number of amides is 2. The van der Waals surface area contributed by atoms with Crippen molar-refractivity contribution in [1.82, 2.24) is 5.32 Å². The molecular formula is C20H21FN2O3. The average molecular weight is 356 g/mol. The Morgan fingerprint density at radius 3 is 2.62 bits per heavy atom.